The van der Waals surface area contributed by atoms with E-state index in [1.165, 1.54) is 51.5 Å². The first-order valence-corrected chi connectivity index (χ1v) is 14.2. The van der Waals surface area contributed by atoms with Gasteiger partial charge in [0.2, 0.25) is 0 Å². The first-order valence-electron chi connectivity index (χ1n) is 9.99. The minimum absolute atomic E-state index is 0.137. The van der Waals surface area contributed by atoms with Gasteiger partial charge in [-0.1, -0.05) is 38.9 Å². The number of benzene rings is 2. The maximum absolute atomic E-state index is 2.32. The van der Waals surface area contributed by atoms with Crippen LogP contribution in [0.15, 0.2) is 24.3 Å². The van der Waals surface area contributed by atoms with E-state index in [0.717, 1.165) is 0 Å². The zero-order valence-electron chi connectivity index (χ0n) is 18.4. The van der Waals surface area contributed by atoms with Crippen molar-refractivity contribution in [3.8, 4) is 0 Å². The van der Waals surface area contributed by atoms with Crippen LogP contribution in [0.4, 0.5) is 0 Å². The second-order valence-corrected chi connectivity index (χ2v) is 13.7. The molecule has 0 atom stereocenters. The van der Waals surface area contributed by atoms with Crippen molar-refractivity contribution in [2.75, 3.05) is 0 Å². The Kier molecular flexibility index (Phi) is 9.95. The van der Waals surface area contributed by atoms with E-state index in [0.29, 0.717) is 0 Å². The van der Waals surface area contributed by atoms with Gasteiger partial charge in [0, 0.05) is 8.80 Å². The molecule has 3 radical (unpaired) electrons. The van der Waals surface area contributed by atoms with Crippen molar-refractivity contribution in [1.82, 2.24) is 0 Å². The van der Waals surface area contributed by atoms with Gasteiger partial charge in [0.1, 0.15) is 0 Å². The van der Waals surface area contributed by atoms with Gasteiger partial charge in [-0.25, -0.2) is 0 Å². The predicted molar refractivity (Wildman–Crippen MR) is 124 cm³/mol. The van der Waals surface area contributed by atoms with Gasteiger partial charge in [0.15, 0.2) is 0 Å². The third kappa shape index (κ3) is 6.74. The van der Waals surface area contributed by atoms with Crippen molar-refractivity contribution in [1.29, 1.82) is 0 Å². The summed E-state index contributed by atoms with van der Waals surface area (Å²) in [7, 11) is 0.137. The van der Waals surface area contributed by atoms with E-state index in [1.807, 2.05) is 0 Å². The fourth-order valence-corrected chi connectivity index (χ4v) is 7.91. The Bertz CT molecular complexity index is 607. The van der Waals surface area contributed by atoms with Gasteiger partial charge in [-0.2, -0.15) is 0 Å². The van der Waals surface area contributed by atoms with E-state index < -0.39 is 0 Å². The normalized spacial score (nSPS) is 10.7. The Morgan fingerprint density at radius 2 is 0.846 bits per heavy atom. The maximum atomic E-state index is 2.32. The molecule has 0 heterocycles. The van der Waals surface area contributed by atoms with Crippen molar-refractivity contribution in [3.05, 3.63) is 57.6 Å². The summed E-state index contributed by atoms with van der Waals surface area (Å²) in [5.41, 5.74) is 8.63. The summed E-state index contributed by atoms with van der Waals surface area (Å²) >= 11 is -0.239. The van der Waals surface area contributed by atoms with E-state index >= 15 is 0 Å². The average Bonchev–Trinajstić information content (AvgIpc) is 2.54. The summed E-state index contributed by atoms with van der Waals surface area (Å²) in [6.45, 7) is 20.3. The summed E-state index contributed by atoms with van der Waals surface area (Å²) in [6, 6.07) is 13.7. The van der Waals surface area contributed by atoms with E-state index in [1.54, 1.807) is 8.79 Å². The van der Waals surface area contributed by atoms with Crippen molar-refractivity contribution < 1.29 is 0 Å². The summed E-state index contributed by atoms with van der Waals surface area (Å²) < 4.78 is 3.22. The fourth-order valence-electron chi connectivity index (χ4n) is 3.63. The van der Waals surface area contributed by atoms with E-state index in [2.05, 4.69) is 86.6 Å². The van der Waals surface area contributed by atoms with Crippen LogP contribution < -0.4 is 8.79 Å². The number of aryl methyl sites for hydroxylation is 6. The summed E-state index contributed by atoms with van der Waals surface area (Å²) in [5, 5.41) is 0. The molecular formula is C24H37GeSi. The van der Waals surface area contributed by atoms with Crippen molar-refractivity contribution >= 4 is 33.0 Å². The van der Waals surface area contributed by atoms with E-state index in [-0.39, 0.29) is 24.2 Å². The molecule has 2 rings (SSSR count). The Morgan fingerprint density at radius 1 is 0.577 bits per heavy atom. The molecule has 0 amide bonds. The Labute approximate surface area is 170 Å². The zero-order chi connectivity index (χ0) is 19.9. The molecule has 141 valence electrons. The molecular weight excluding hydrogens is 389 g/mol. The van der Waals surface area contributed by atoms with Gasteiger partial charge in [0.05, 0.1) is 0 Å². The molecule has 0 spiro atoms. The second-order valence-electron chi connectivity index (χ2n) is 7.48. The third-order valence-electron chi connectivity index (χ3n) is 5.10. The molecule has 2 aromatic carbocycles. The molecule has 2 aromatic rings. The standard InChI is InChI=1S/C18H22Ge.C6H15Si/c1-11-7-13(3)17(14(4)8-11)19-18-15(5)9-12(2)10-16(18)6;1-4-7(5-2)6-3/h7-10H,1-6H3;4-6H2,1-3H3. The number of rotatable bonds is 5. The predicted octanol–water partition coefficient (Wildman–Crippen LogP) is 5.73. The molecule has 0 aromatic heterocycles. The van der Waals surface area contributed by atoms with Crippen LogP contribution in [0.25, 0.3) is 0 Å². The second kappa shape index (κ2) is 11.1. The van der Waals surface area contributed by atoms with Gasteiger partial charge in [-0.15, -0.1) is 0 Å². The van der Waals surface area contributed by atoms with Gasteiger partial charge >= 0.3 is 123 Å². The van der Waals surface area contributed by atoms with Gasteiger partial charge in [-0.05, 0) is 0 Å². The summed E-state index contributed by atoms with van der Waals surface area (Å²) in [6.07, 6.45) is 0. The van der Waals surface area contributed by atoms with Crippen LogP contribution in [-0.2, 0) is 0 Å². The van der Waals surface area contributed by atoms with Gasteiger partial charge in [-0.3, -0.25) is 0 Å². The Hall–Kier alpha value is -0.800. The molecule has 0 saturated carbocycles. The topological polar surface area (TPSA) is 0 Å². The molecule has 26 heavy (non-hydrogen) atoms. The number of hydrogen-bond acceptors (Lipinski definition) is 0. The van der Waals surface area contributed by atoms with E-state index in [4.69, 9.17) is 0 Å². The number of hydrogen-bond donors (Lipinski definition) is 0. The van der Waals surface area contributed by atoms with Crippen LogP contribution in [0.2, 0.25) is 18.1 Å². The SMILES string of the molecule is CC[Si](CC)CC.Cc1cc(C)[c]([Ge][c]2c(C)cc(C)cc2C)c(C)c1. The minimum atomic E-state index is -0.239. The monoisotopic (exact) mass is 427 g/mol. The molecule has 2 heteroatoms. The zero-order valence-corrected chi connectivity index (χ0v) is 21.5. The quantitative estimate of drug-likeness (QED) is 0.536. The van der Waals surface area contributed by atoms with Crippen LogP contribution in [0, 0.1) is 41.5 Å². The Morgan fingerprint density at radius 3 is 1.04 bits per heavy atom. The molecule has 0 aliphatic rings. The summed E-state index contributed by atoms with van der Waals surface area (Å²) in [5.74, 6) is 0. The van der Waals surface area contributed by atoms with Crippen LogP contribution in [0.3, 0.4) is 0 Å². The van der Waals surface area contributed by atoms with Crippen molar-refractivity contribution in [3.63, 3.8) is 0 Å². The van der Waals surface area contributed by atoms with Crippen LogP contribution >= 0.6 is 0 Å². The summed E-state index contributed by atoms with van der Waals surface area (Å²) in [4.78, 5) is 0. The average molecular weight is 426 g/mol. The molecule has 0 aliphatic carbocycles. The first-order chi connectivity index (χ1) is 12.2. The molecule has 0 unspecified atom stereocenters. The van der Waals surface area contributed by atoms with Gasteiger partial charge < -0.3 is 0 Å². The van der Waals surface area contributed by atoms with Gasteiger partial charge in [0.25, 0.3) is 0 Å². The third-order valence-corrected chi connectivity index (χ3v) is 12.5. The fraction of sp³-hybridized carbons (Fsp3) is 0.500. The molecule has 0 N–H and O–H groups in total. The van der Waals surface area contributed by atoms with E-state index in [9.17, 15) is 0 Å². The Balaban J connectivity index is 0.000000412. The van der Waals surface area contributed by atoms with Crippen molar-refractivity contribution in [2.45, 2.75) is 80.4 Å². The molecule has 0 aliphatic heterocycles. The van der Waals surface area contributed by atoms with Crippen LogP contribution in [0.5, 0.6) is 0 Å². The molecule has 0 bridgehead atoms. The molecule has 0 fully saturated rings. The first kappa shape index (κ1) is 23.2. The van der Waals surface area contributed by atoms with Crippen LogP contribution in [-0.4, -0.2) is 24.2 Å². The molecule has 0 saturated heterocycles. The van der Waals surface area contributed by atoms with Crippen molar-refractivity contribution in [2.24, 2.45) is 0 Å². The van der Waals surface area contributed by atoms with Crippen LogP contribution in [0.1, 0.15) is 54.2 Å². The molecule has 0 nitrogen and oxygen atoms in total.